The van der Waals surface area contributed by atoms with Crippen LogP contribution in [-0.4, -0.2) is 5.97 Å². The van der Waals surface area contributed by atoms with Crippen molar-refractivity contribution in [1.82, 2.24) is 0 Å². The summed E-state index contributed by atoms with van der Waals surface area (Å²) in [7, 11) is 0. The van der Waals surface area contributed by atoms with Crippen molar-refractivity contribution in [2.24, 2.45) is 5.92 Å². The largest absolute Gasteiger partial charge is 0.545 e. The number of hydrogen-bond donors (Lipinski definition) is 0. The normalized spacial score (nSPS) is 20.0. The van der Waals surface area contributed by atoms with Crippen LogP contribution in [0.2, 0.25) is 0 Å². The molecule has 0 aromatic carbocycles. The molecule has 0 N–H and O–H groups in total. The lowest BCUT2D eigenvalue weighted by Gasteiger charge is -2.17. The Labute approximate surface area is 73.3 Å². The quantitative estimate of drug-likeness (QED) is 0.459. The summed E-state index contributed by atoms with van der Waals surface area (Å²) < 4.78 is 0. The van der Waals surface area contributed by atoms with Gasteiger partial charge < -0.3 is 9.90 Å². The van der Waals surface area contributed by atoms with Crippen LogP contribution in [-0.2, 0) is 4.79 Å². The first-order valence-electron chi connectivity index (χ1n) is 4.62. The van der Waals surface area contributed by atoms with E-state index in [4.69, 9.17) is 0 Å². The van der Waals surface area contributed by atoms with Gasteiger partial charge in [0, 0.05) is 0 Å². The predicted octanol–water partition coefficient (Wildman–Crippen LogP) is 1.26. The molecule has 0 aromatic rings. The summed E-state index contributed by atoms with van der Waals surface area (Å²) in [6.45, 7) is 3.56. The smallest absolute Gasteiger partial charge is 0.0671 e. The van der Waals surface area contributed by atoms with Crippen molar-refractivity contribution in [1.29, 1.82) is 0 Å². The van der Waals surface area contributed by atoms with E-state index < -0.39 is 5.97 Å². The van der Waals surface area contributed by atoms with E-state index >= 15 is 0 Å². The highest BCUT2D eigenvalue weighted by Gasteiger charge is 2.15. The topological polar surface area (TPSA) is 40.1 Å². The third kappa shape index (κ3) is 2.36. The molecule has 0 atom stereocenters. The summed E-state index contributed by atoms with van der Waals surface area (Å²) in [5.74, 6) is -0.889. The van der Waals surface area contributed by atoms with Crippen LogP contribution in [0.15, 0.2) is 12.2 Å². The lowest BCUT2D eigenvalue weighted by molar-refractivity contribution is -0.300. The molecular formula is C10H15O2-. The summed E-state index contributed by atoms with van der Waals surface area (Å²) in [5, 5.41) is 10.5. The Morgan fingerprint density at radius 2 is 1.67 bits per heavy atom. The molecule has 0 radical (unpaired) electrons. The van der Waals surface area contributed by atoms with Crippen LogP contribution in [0.1, 0.15) is 38.5 Å². The van der Waals surface area contributed by atoms with Crippen molar-refractivity contribution in [3.63, 3.8) is 0 Å². The fraction of sp³-hybridized carbons (Fsp3) is 0.700. The Morgan fingerprint density at radius 3 is 2.08 bits per heavy atom. The summed E-state index contributed by atoms with van der Waals surface area (Å²) in [6, 6.07) is 0. The average molecular weight is 167 g/mol. The van der Waals surface area contributed by atoms with Crippen molar-refractivity contribution in [2.75, 3.05) is 0 Å². The molecule has 68 valence electrons. The van der Waals surface area contributed by atoms with E-state index in [1.54, 1.807) is 0 Å². The SMILES string of the molecule is C=C(C(=O)[O-])C1CCCCCC1. The maximum Gasteiger partial charge on any atom is 0.0671 e. The predicted molar refractivity (Wildman–Crippen MR) is 45.3 cm³/mol. The number of rotatable bonds is 2. The second-order valence-corrected chi connectivity index (χ2v) is 3.50. The molecule has 0 unspecified atom stereocenters. The molecule has 0 aromatic heterocycles. The van der Waals surface area contributed by atoms with Gasteiger partial charge in [-0.25, -0.2) is 0 Å². The molecule has 2 heteroatoms. The van der Waals surface area contributed by atoms with Crippen molar-refractivity contribution in [3.8, 4) is 0 Å². The van der Waals surface area contributed by atoms with Gasteiger partial charge in [0.15, 0.2) is 0 Å². The van der Waals surface area contributed by atoms with Gasteiger partial charge in [0.1, 0.15) is 0 Å². The third-order valence-electron chi connectivity index (χ3n) is 2.61. The Hall–Kier alpha value is -0.790. The molecule has 1 fully saturated rings. The monoisotopic (exact) mass is 167 g/mol. The summed E-state index contributed by atoms with van der Waals surface area (Å²) in [4.78, 5) is 10.5. The number of carbonyl (C=O) groups excluding carboxylic acids is 1. The minimum Gasteiger partial charge on any atom is -0.545 e. The Bertz CT molecular complexity index is 176. The van der Waals surface area contributed by atoms with Crippen LogP contribution < -0.4 is 5.11 Å². The molecule has 1 rings (SSSR count). The van der Waals surface area contributed by atoms with Crippen LogP contribution in [0, 0.1) is 5.92 Å². The average Bonchev–Trinajstić information content (AvgIpc) is 2.30. The third-order valence-corrected chi connectivity index (χ3v) is 2.61. The van der Waals surface area contributed by atoms with Gasteiger partial charge in [0.2, 0.25) is 0 Å². The molecule has 0 bridgehead atoms. The summed E-state index contributed by atoms with van der Waals surface area (Å²) in [5.41, 5.74) is 0.303. The minimum atomic E-state index is -1.07. The zero-order chi connectivity index (χ0) is 8.97. The zero-order valence-electron chi connectivity index (χ0n) is 7.34. The standard InChI is InChI=1S/C10H16O2/c1-8(10(11)12)9-6-4-2-3-5-7-9/h9H,1-7H2,(H,11,12)/p-1. The van der Waals surface area contributed by atoms with Gasteiger partial charge in [-0.2, -0.15) is 0 Å². The maximum atomic E-state index is 10.5. The van der Waals surface area contributed by atoms with Gasteiger partial charge in [0.05, 0.1) is 5.97 Å². The number of hydrogen-bond acceptors (Lipinski definition) is 2. The van der Waals surface area contributed by atoms with Crippen molar-refractivity contribution < 1.29 is 9.90 Å². The molecule has 0 saturated heterocycles. The van der Waals surface area contributed by atoms with Gasteiger partial charge in [0.25, 0.3) is 0 Å². The molecule has 1 aliphatic carbocycles. The van der Waals surface area contributed by atoms with Gasteiger partial charge >= 0.3 is 0 Å². The van der Waals surface area contributed by atoms with E-state index in [2.05, 4.69) is 6.58 Å². The number of carboxylic acid groups (broad SMARTS) is 1. The number of carbonyl (C=O) groups is 1. The number of carboxylic acids is 1. The first kappa shape index (κ1) is 9.30. The number of aliphatic carboxylic acids is 1. The zero-order valence-corrected chi connectivity index (χ0v) is 7.34. The highest BCUT2D eigenvalue weighted by Crippen LogP contribution is 2.27. The van der Waals surface area contributed by atoms with Crippen LogP contribution in [0.4, 0.5) is 0 Å². The van der Waals surface area contributed by atoms with E-state index in [1.807, 2.05) is 0 Å². The maximum absolute atomic E-state index is 10.5. The van der Waals surface area contributed by atoms with E-state index in [-0.39, 0.29) is 5.92 Å². The van der Waals surface area contributed by atoms with Crippen molar-refractivity contribution >= 4 is 5.97 Å². The van der Waals surface area contributed by atoms with Crippen LogP contribution in [0.3, 0.4) is 0 Å². The second kappa shape index (κ2) is 4.29. The summed E-state index contributed by atoms with van der Waals surface area (Å²) in [6.07, 6.45) is 6.70. The molecule has 12 heavy (non-hydrogen) atoms. The van der Waals surface area contributed by atoms with E-state index in [0.717, 1.165) is 25.7 Å². The lowest BCUT2D eigenvalue weighted by Crippen LogP contribution is -2.27. The van der Waals surface area contributed by atoms with E-state index in [0.29, 0.717) is 5.57 Å². The van der Waals surface area contributed by atoms with Gasteiger partial charge in [-0.15, -0.1) is 0 Å². The molecule has 0 aliphatic heterocycles. The molecule has 1 saturated carbocycles. The Morgan fingerprint density at radius 1 is 1.17 bits per heavy atom. The lowest BCUT2D eigenvalue weighted by atomic mass is 9.93. The molecular weight excluding hydrogens is 152 g/mol. The van der Waals surface area contributed by atoms with Gasteiger partial charge in [-0.3, -0.25) is 0 Å². The summed E-state index contributed by atoms with van der Waals surface area (Å²) >= 11 is 0. The van der Waals surface area contributed by atoms with Gasteiger partial charge in [-0.1, -0.05) is 32.3 Å². The Kier molecular flexibility index (Phi) is 3.32. The van der Waals surface area contributed by atoms with E-state index in [9.17, 15) is 9.90 Å². The molecule has 0 heterocycles. The highest BCUT2D eigenvalue weighted by atomic mass is 16.4. The van der Waals surface area contributed by atoms with Crippen molar-refractivity contribution in [2.45, 2.75) is 38.5 Å². The van der Waals surface area contributed by atoms with Crippen LogP contribution in [0.25, 0.3) is 0 Å². The highest BCUT2D eigenvalue weighted by molar-refractivity contribution is 5.84. The minimum absolute atomic E-state index is 0.178. The van der Waals surface area contributed by atoms with Crippen molar-refractivity contribution in [3.05, 3.63) is 12.2 Å². The fourth-order valence-corrected chi connectivity index (χ4v) is 1.79. The molecule has 0 spiro atoms. The molecule has 0 amide bonds. The molecule has 1 aliphatic rings. The first-order valence-corrected chi connectivity index (χ1v) is 4.62. The van der Waals surface area contributed by atoms with Gasteiger partial charge in [-0.05, 0) is 24.3 Å². The van der Waals surface area contributed by atoms with Crippen LogP contribution in [0.5, 0.6) is 0 Å². The fourth-order valence-electron chi connectivity index (χ4n) is 1.79. The second-order valence-electron chi connectivity index (χ2n) is 3.50. The Balaban J connectivity index is 2.48. The van der Waals surface area contributed by atoms with E-state index in [1.165, 1.54) is 12.8 Å². The first-order chi connectivity index (χ1) is 5.72. The molecule has 2 nitrogen and oxygen atoms in total. The van der Waals surface area contributed by atoms with Crippen LogP contribution >= 0.6 is 0 Å².